The number of nitrogens with two attached hydrogens (primary N) is 1. The predicted molar refractivity (Wildman–Crippen MR) is 95.0 cm³/mol. The number of rotatable bonds is 5. The van der Waals surface area contributed by atoms with Gasteiger partial charge in [0.1, 0.15) is 0 Å². The van der Waals surface area contributed by atoms with Crippen molar-refractivity contribution in [2.75, 3.05) is 13.1 Å². The Morgan fingerprint density at radius 1 is 0.960 bits per heavy atom. The van der Waals surface area contributed by atoms with E-state index in [1.54, 1.807) is 0 Å². The third kappa shape index (κ3) is 4.22. The molecule has 2 aliphatic rings. The molecular weight excluding hydrogens is 362 g/mol. The van der Waals surface area contributed by atoms with Gasteiger partial charge in [-0.05, 0) is 56.7 Å². The second kappa shape index (κ2) is 7.32. The number of hydrogen-bond donors (Lipinski definition) is 2. The third-order valence-corrected chi connectivity index (χ3v) is 8.33. The highest BCUT2D eigenvalue weighted by atomic mass is 32.2. The van der Waals surface area contributed by atoms with Crippen LogP contribution in [0.2, 0.25) is 0 Å². The van der Waals surface area contributed by atoms with Crippen LogP contribution < -0.4 is 10.5 Å². The van der Waals surface area contributed by atoms with E-state index in [0.29, 0.717) is 25.9 Å². The zero-order valence-electron chi connectivity index (χ0n) is 14.1. The maximum absolute atomic E-state index is 12.6. The summed E-state index contributed by atoms with van der Waals surface area (Å²) in [6.45, 7) is 0.972. The smallest absolute Gasteiger partial charge is 0.243 e. The molecule has 3 N–H and O–H groups in total. The fraction of sp³-hybridized carbons (Fsp3) is 0.625. The highest BCUT2D eigenvalue weighted by Gasteiger charge is 2.29. The average Bonchev–Trinajstić information content (AvgIpc) is 3.12. The van der Waals surface area contributed by atoms with E-state index in [2.05, 4.69) is 4.72 Å². The second-order valence-corrected chi connectivity index (χ2v) is 10.5. The zero-order chi connectivity index (χ0) is 18.1. The van der Waals surface area contributed by atoms with Crippen LogP contribution in [0.3, 0.4) is 0 Å². The van der Waals surface area contributed by atoms with E-state index in [-0.39, 0.29) is 21.9 Å². The summed E-state index contributed by atoms with van der Waals surface area (Å²) in [7, 11) is -7.39. The maximum Gasteiger partial charge on any atom is 0.243 e. The molecular formula is C16H25N3O4S2. The average molecular weight is 388 g/mol. The van der Waals surface area contributed by atoms with Gasteiger partial charge in [-0.15, -0.1) is 0 Å². The molecule has 140 valence electrons. The number of nitrogens with one attached hydrogen (secondary N) is 1. The molecule has 0 atom stereocenters. The van der Waals surface area contributed by atoms with Crippen molar-refractivity contribution >= 4 is 20.0 Å². The molecule has 1 aromatic rings. The molecule has 2 fully saturated rings. The first-order valence-electron chi connectivity index (χ1n) is 8.67. The Hall–Kier alpha value is -1.00. The molecule has 1 saturated heterocycles. The molecule has 1 aliphatic heterocycles. The van der Waals surface area contributed by atoms with Gasteiger partial charge in [0.15, 0.2) is 0 Å². The van der Waals surface area contributed by atoms with Crippen LogP contribution in [0.15, 0.2) is 34.1 Å². The molecule has 0 aromatic heterocycles. The van der Waals surface area contributed by atoms with Crippen LogP contribution >= 0.6 is 0 Å². The number of hydrogen-bond acceptors (Lipinski definition) is 5. The van der Waals surface area contributed by atoms with Crippen LogP contribution in [-0.4, -0.2) is 46.3 Å². The van der Waals surface area contributed by atoms with Crippen molar-refractivity contribution in [3.05, 3.63) is 24.3 Å². The monoisotopic (exact) mass is 387 g/mol. The van der Waals surface area contributed by atoms with Crippen LogP contribution in [0, 0.1) is 0 Å². The van der Waals surface area contributed by atoms with Gasteiger partial charge in [-0.3, -0.25) is 0 Å². The van der Waals surface area contributed by atoms with Gasteiger partial charge >= 0.3 is 0 Å². The summed E-state index contributed by atoms with van der Waals surface area (Å²) in [5.74, 6) is 0. The minimum atomic E-state index is -3.76. The van der Waals surface area contributed by atoms with Crippen molar-refractivity contribution in [2.45, 2.75) is 60.4 Å². The van der Waals surface area contributed by atoms with E-state index in [9.17, 15) is 16.8 Å². The van der Waals surface area contributed by atoms with E-state index in [4.69, 9.17) is 5.73 Å². The van der Waals surface area contributed by atoms with Gasteiger partial charge in [-0.2, -0.15) is 4.31 Å². The Labute approximate surface area is 149 Å². The minimum absolute atomic E-state index is 0.0114. The lowest BCUT2D eigenvalue weighted by molar-refractivity contribution is 0.373. The first kappa shape index (κ1) is 18.8. The molecule has 7 nitrogen and oxygen atoms in total. The minimum Gasteiger partial charge on any atom is -0.328 e. The molecule has 1 heterocycles. The Morgan fingerprint density at radius 2 is 1.56 bits per heavy atom. The number of benzene rings is 1. The van der Waals surface area contributed by atoms with Gasteiger partial charge in [-0.25, -0.2) is 21.6 Å². The Kier molecular flexibility index (Phi) is 5.50. The Balaban J connectivity index is 1.80. The SMILES string of the molecule is NC1CCC(NS(=O)(=O)c2cccc(S(=O)(=O)N3CCCC3)c2)CC1. The lowest BCUT2D eigenvalue weighted by Crippen LogP contribution is -2.40. The topological polar surface area (TPSA) is 110 Å². The molecule has 25 heavy (non-hydrogen) atoms. The van der Waals surface area contributed by atoms with Gasteiger partial charge in [0.05, 0.1) is 9.79 Å². The maximum atomic E-state index is 12.6. The Bertz CT molecular complexity index is 810. The third-order valence-electron chi connectivity index (χ3n) is 4.91. The molecule has 0 spiro atoms. The van der Waals surface area contributed by atoms with Crippen LogP contribution in [0.4, 0.5) is 0 Å². The molecule has 1 aliphatic carbocycles. The summed E-state index contributed by atoms with van der Waals surface area (Å²) in [5.41, 5.74) is 5.85. The molecule has 3 rings (SSSR count). The van der Waals surface area contributed by atoms with Crippen molar-refractivity contribution in [1.82, 2.24) is 9.03 Å². The van der Waals surface area contributed by atoms with Crippen LogP contribution in [0.1, 0.15) is 38.5 Å². The molecule has 1 saturated carbocycles. The fourth-order valence-electron chi connectivity index (χ4n) is 3.40. The summed E-state index contributed by atoms with van der Waals surface area (Å²) in [5, 5.41) is 0. The van der Waals surface area contributed by atoms with Crippen LogP contribution in [0.5, 0.6) is 0 Å². The zero-order valence-corrected chi connectivity index (χ0v) is 15.7. The predicted octanol–water partition coefficient (Wildman–Crippen LogP) is 1.02. The van der Waals surface area contributed by atoms with Crippen molar-refractivity contribution in [3.63, 3.8) is 0 Å². The fourth-order valence-corrected chi connectivity index (χ4v) is 6.39. The molecule has 1 aromatic carbocycles. The van der Waals surface area contributed by atoms with Gasteiger partial charge in [0, 0.05) is 25.2 Å². The standard InChI is InChI=1S/C16H25N3O4S2/c17-13-6-8-14(9-7-13)18-24(20,21)15-4-3-5-16(12-15)25(22,23)19-10-1-2-11-19/h3-5,12-14,18H,1-2,6-11,17H2. The van der Waals surface area contributed by atoms with E-state index in [0.717, 1.165) is 25.7 Å². The van der Waals surface area contributed by atoms with E-state index in [1.807, 2.05) is 0 Å². The summed E-state index contributed by atoms with van der Waals surface area (Å²) in [6, 6.07) is 5.60. The normalized spacial score (nSPS) is 26.0. The number of sulfonamides is 2. The summed E-state index contributed by atoms with van der Waals surface area (Å²) in [4.78, 5) is 0.0191. The van der Waals surface area contributed by atoms with Gasteiger partial charge in [-0.1, -0.05) is 6.07 Å². The van der Waals surface area contributed by atoms with Crippen LogP contribution in [0.25, 0.3) is 0 Å². The molecule has 9 heteroatoms. The second-order valence-electron chi connectivity index (χ2n) is 6.82. The van der Waals surface area contributed by atoms with E-state index < -0.39 is 20.0 Å². The van der Waals surface area contributed by atoms with Crippen molar-refractivity contribution in [1.29, 1.82) is 0 Å². The highest BCUT2D eigenvalue weighted by molar-refractivity contribution is 7.90. The molecule has 0 unspecified atom stereocenters. The first-order chi connectivity index (χ1) is 11.8. The molecule has 0 radical (unpaired) electrons. The Morgan fingerprint density at radius 3 is 2.20 bits per heavy atom. The van der Waals surface area contributed by atoms with Gasteiger partial charge in [0.25, 0.3) is 0 Å². The number of nitrogens with zero attached hydrogens (tertiary/aromatic N) is 1. The lowest BCUT2D eigenvalue weighted by Gasteiger charge is -2.26. The van der Waals surface area contributed by atoms with Crippen molar-refractivity contribution < 1.29 is 16.8 Å². The largest absolute Gasteiger partial charge is 0.328 e. The van der Waals surface area contributed by atoms with Crippen molar-refractivity contribution in [3.8, 4) is 0 Å². The summed E-state index contributed by atoms with van der Waals surface area (Å²) >= 11 is 0. The van der Waals surface area contributed by atoms with E-state index >= 15 is 0 Å². The molecule has 0 bridgehead atoms. The first-order valence-corrected chi connectivity index (χ1v) is 11.6. The van der Waals surface area contributed by atoms with Gasteiger partial charge in [0.2, 0.25) is 20.0 Å². The van der Waals surface area contributed by atoms with E-state index in [1.165, 1.54) is 28.6 Å². The quantitative estimate of drug-likeness (QED) is 0.784. The lowest BCUT2D eigenvalue weighted by atomic mass is 9.93. The highest BCUT2D eigenvalue weighted by Crippen LogP contribution is 2.24. The summed E-state index contributed by atoms with van der Waals surface area (Å²) < 4.78 is 54.6. The van der Waals surface area contributed by atoms with Crippen LogP contribution in [-0.2, 0) is 20.0 Å². The summed E-state index contributed by atoms with van der Waals surface area (Å²) in [6.07, 6.45) is 4.65. The molecule has 0 amide bonds. The van der Waals surface area contributed by atoms with Crippen molar-refractivity contribution in [2.24, 2.45) is 5.73 Å². The van der Waals surface area contributed by atoms with Gasteiger partial charge < -0.3 is 5.73 Å².